The third kappa shape index (κ3) is 6.36. The highest BCUT2D eigenvalue weighted by Gasteiger charge is 2.57. The molecule has 2 fully saturated rings. The number of rotatable bonds is 12. The predicted octanol–water partition coefficient (Wildman–Crippen LogP) is 7.60. The van der Waals surface area contributed by atoms with Gasteiger partial charge in [0, 0.05) is 18.7 Å². The monoisotopic (exact) mass is 685 g/mol. The number of ketones is 1. The fraction of sp³-hybridized carbons (Fsp3) is 0.559. The number of amides is 1. The van der Waals surface area contributed by atoms with E-state index in [-0.39, 0.29) is 63.5 Å². The molecular formula is C34H44N3O8PS. The van der Waals surface area contributed by atoms with Gasteiger partial charge in [0.1, 0.15) is 28.5 Å². The van der Waals surface area contributed by atoms with Gasteiger partial charge in [-0.3, -0.25) is 23.5 Å². The molecule has 254 valence electrons. The van der Waals surface area contributed by atoms with Crippen molar-refractivity contribution in [3.63, 3.8) is 0 Å². The van der Waals surface area contributed by atoms with Gasteiger partial charge < -0.3 is 13.9 Å². The predicted molar refractivity (Wildman–Crippen MR) is 179 cm³/mol. The summed E-state index contributed by atoms with van der Waals surface area (Å²) in [5.41, 5.74) is 0.743. The van der Waals surface area contributed by atoms with E-state index in [1.807, 2.05) is 31.2 Å². The van der Waals surface area contributed by atoms with Gasteiger partial charge in [-0.15, -0.1) is 11.3 Å². The molecule has 47 heavy (non-hydrogen) atoms. The van der Waals surface area contributed by atoms with E-state index < -0.39 is 19.3 Å². The lowest BCUT2D eigenvalue weighted by molar-refractivity contribution is -0.129. The third-order valence-corrected chi connectivity index (χ3v) is 13.1. The second-order valence-corrected chi connectivity index (χ2v) is 15.3. The topological polar surface area (TPSA) is 121 Å². The first-order valence-corrected chi connectivity index (χ1v) is 18.9. The first kappa shape index (κ1) is 34.0. The average Bonchev–Trinajstić information content (AvgIpc) is 3.74. The van der Waals surface area contributed by atoms with Gasteiger partial charge in [-0.25, -0.2) is 14.2 Å². The molecule has 3 aromatic rings. The minimum atomic E-state index is -3.57. The molecular weight excluding hydrogens is 641 g/mol. The number of carbonyl (C=O) groups is 2. The molecule has 13 heteroatoms. The van der Waals surface area contributed by atoms with E-state index in [0.717, 1.165) is 36.8 Å². The molecule has 1 amide bonds. The Labute approximate surface area is 280 Å². The molecule has 0 radical (unpaired) electrons. The van der Waals surface area contributed by atoms with Crippen LogP contribution in [0.4, 0.5) is 5.00 Å². The van der Waals surface area contributed by atoms with Gasteiger partial charge in [-0.2, -0.15) is 0 Å². The molecule has 1 aromatic carbocycles. The van der Waals surface area contributed by atoms with Crippen molar-refractivity contribution in [2.45, 2.75) is 77.9 Å². The van der Waals surface area contributed by atoms with Crippen LogP contribution < -0.4 is 9.64 Å². The van der Waals surface area contributed by atoms with E-state index >= 15 is 0 Å². The van der Waals surface area contributed by atoms with Crippen molar-refractivity contribution in [3.05, 3.63) is 53.4 Å². The highest BCUT2D eigenvalue weighted by molar-refractivity contribution is 7.51. The van der Waals surface area contributed by atoms with Crippen LogP contribution in [0.5, 0.6) is 5.75 Å². The minimum absolute atomic E-state index is 0.0519. The summed E-state index contributed by atoms with van der Waals surface area (Å²) in [7, 11) is -1.93. The molecule has 1 atom stereocenters. The number of thiophene rings is 1. The first-order valence-electron chi connectivity index (χ1n) is 16.6. The second-order valence-electron chi connectivity index (χ2n) is 12.3. The molecule has 4 heterocycles. The molecule has 0 unspecified atom stereocenters. The smallest absolute Gasteiger partial charge is 0.408 e. The average molecular weight is 686 g/mol. The zero-order valence-electron chi connectivity index (χ0n) is 27.6. The van der Waals surface area contributed by atoms with Crippen molar-refractivity contribution in [2.75, 3.05) is 44.9 Å². The summed E-state index contributed by atoms with van der Waals surface area (Å²) in [6.07, 6.45) is 8.27. The number of carbonyl (C=O) groups excluding carboxylic acids is 2. The van der Waals surface area contributed by atoms with E-state index in [2.05, 4.69) is 4.98 Å². The molecule has 1 saturated heterocycles. The first-order chi connectivity index (χ1) is 22.8. The van der Waals surface area contributed by atoms with Gasteiger partial charge in [0.2, 0.25) is 11.8 Å². The Morgan fingerprint density at radius 2 is 1.79 bits per heavy atom. The number of benzene rings is 1. The summed E-state index contributed by atoms with van der Waals surface area (Å²) in [6.45, 7) is 6.48. The fourth-order valence-electron chi connectivity index (χ4n) is 7.18. The summed E-state index contributed by atoms with van der Waals surface area (Å²) >= 11 is 1.34. The number of para-hydroxylation sites is 1. The van der Waals surface area contributed by atoms with Crippen molar-refractivity contribution < 1.29 is 37.1 Å². The van der Waals surface area contributed by atoms with Crippen LogP contribution in [0.25, 0.3) is 10.8 Å². The number of nitrogens with zero attached hydrogens (tertiary/aromatic N) is 3. The number of oxazole rings is 1. The largest absolute Gasteiger partial charge is 0.496 e. The number of methoxy groups -OCH3 is 1. The van der Waals surface area contributed by atoms with Gasteiger partial charge in [-0.1, -0.05) is 37.5 Å². The lowest BCUT2D eigenvalue weighted by atomic mass is 9.69. The summed E-state index contributed by atoms with van der Waals surface area (Å²) in [6, 6.07) is 7.75. The number of ether oxygens (including phenoxy) is 2. The van der Waals surface area contributed by atoms with Crippen molar-refractivity contribution >= 4 is 35.8 Å². The van der Waals surface area contributed by atoms with E-state index in [1.54, 1.807) is 36.7 Å². The minimum Gasteiger partial charge on any atom is -0.496 e. The number of anilines is 1. The number of Topliss-reactive ketones (excluding diaryl/α,β-unsaturated/α-hetero) is 1. The number of aromatic nitrogens is 1. The number of piperidine rings is 1. The number of hydrogen-bond donors (Lipinski definition) is 0. The molecule has 2 aromatic heterocycles. The SMILES string of the molecule is CCOP(=O)(OCC)N1CCC2(CC1)C(=O)c1c(sc(-c3ncco3)c1C)N(C[C@H](OC1CCCCC1)c1ccccc1OC)C2=O. The van der Waals surface area contributed by atoms with E-state index in [0.29, 0.717) is 27.1 Å². The Kier molecular flexibility index (Phi) is 10.4. The molecule has 1 spiro atoms. The van der Waals surface area contributed by atoms with Crippen molar-refractivity contribution in [1.29, 1.82) is 0 Å². The van der Waals surface area contributed by atoms with Gasteiger partial charge in [0.25, 0.3) is 0 Å². The maximum atomic E-state index is 14.9. The van der Waals surface area contributed by atoms with Crippen molar-refractivity contribution in [1.82, 2.24) is 9.65 Å². The quantitative estimate of drug-likeness (QED) is 0.139. The molecule has 3 aliphatic rings. The van der Waals surface area contributed by atoms with Crippen LogP contribution in [0.2, 0.25) is 0 Å². The zero-order valence-corrected chi connectivity index (χ0v) is 29.3. The lowest BCUT2D eigenvalue weighted by Crippen LogP contribution is -2.57. The van der Waals surface area contributed by atoms with Crippen LogP contribution in [-0.2, 0) is 23.1 Å². The Hall–Kier alpha value is -2.86. The third-order valence-electron chi connectivity index (χ3n) is 9.58. The van der Waals surface area contributed by atoms with Crippen LogP contribution >= 0.6 is 19.1 Å². The lowest BCUT2D eigenvalue weighted by Gasteiger charge is -2.46. The van der Waals surface area contributed by atoms with Crippen LogP contribution in [0.15, 0.2) is 41.1 Å². The van der Waals surface area contributed by atoms with Gasteiger partial charge >= 0.3 is 7.75 Å². The number of fused-ring (bicyclic) bond motifs is 1. The van der Waals surface area contributed by atoms with Crippen molar-refractivity contribution in [3.8, 4) is 16.5 Å². The highest BCUT2D eigenvalue weighted by Crippen LogP contribution is 2.57. The molecule has 0 N–H and O–H groups in total. The van der Waals surface area contributed by atoms with Gasteiger partial charge in [0.15, 0.2) is 5.78 Å². The maximum absolute atomic E-state index is 14.9. The Morgan fingerprint density at radius 1 is 1.09 bits per heavy atom. The highest BCUT2D eigenvalue weighted by atomic mass is 32.1. The van der Waals surface area contributed by atoms with E-state index in [9.17, 15) is 14.2 Å². The molecule has 2 aliphatic heterocycles. The maximum Gasteiger partial charge on any atom is 0.408 e. The second kappa shape index (κ2) is 14.3. The van der Waals surface area contributed by atoms with Crippen molar-refractivity contribution in [2.24, 2.45) is 5.41 Å². The summed E-state index contributed by atoms with van der Waals surface area (Å²) in [4.78, 5) is 36.4. The summed E-state index contributed by atoms with van der Waals surface area (Å²) in [5, 5.41) is 0.570. The van der Waals surface area contributed by atoms with E-state index in [4.69, 9.17) is 22.9 Å². The molecule has 1 saturated carbocycles. The van der Waals surface area contributed by atoms with Gasteiger partial charge in [-0.05, 0) is 58.1 Å². The Balaban J connectivity index is 1.41. The van der Waals surface area contributed by atoms with Crippen LogP contribution in [0.3, 0.4) is 0 Å². The fourth-order valence-corrected chi connectivity index (χ4v) is 10.2. The normalized spacial score (nSPS) is 19.7. The van der Waals surface area contributed by atoms with Crippen LogP contribution in [0.1, 0.15) is 86.4 Å². The summed E-state index contributed by atoms with van der Waals surface area (Å²) < 4.78 is 44.8. The van der Waals surface area contributed by atoms with Gasteiger partial charge in [0.05, 0.1) is 49.6 Å². The Morgan fingerprint density at radius 3 is 2.43 bits per heavy atom. The zero-order chi connectivity index (χ0) is 33.2. The molecule has 6 rings (SSSR count). The van der Waals surface area contributed by atoms with Crippen LogP contribution in [0, 0.1) is 12.3 Å². The van der Waals surface area contributed by atoms with E-state index in [1.165, 1.54) is 24.0 Å². The van der Waals surface area contributed by atoms with Crippen LogP contribution in [-0.4, -0.2) is 67.4 Å². The molecule has 0 bridgehead atoms. The molecule has 1 aliphatic carbocycles. The number of hydrogen-bond acceptors (Lipinski definition) is 10. The standard InChI is InChI=1S/C34H44N3O8PS/c1-5-43-46(40,44-6-2)36-19-16-34(17-20-36)30(38)28-23(3)29(31-35-18-21-42-31)47-32(28)37(33(34)39)22-27(45-24-12-8-7-9-13-24)25-14-10-11-15-26(25)41-4/h10-11,14-15,18,21,24,27H,5-9,12-13,16-17,19-20,22H2,1-4H3/t27-/m0/s1. The molecule has 11 nitrogen and oxygen atoms in total. The Bertz CT molecular complexity index is 1600. The summed E-state index contributed by atoms with van der Waals surface area (Å²) in [5.74, 6) is 0.594.